The first kappa shape index (κ1) is 16.1. The Kier molecular flexibility index (Phi) is 5.37. The Morgan fingerprint density at radius 2 is 2.04 bits per heavy atom. The van der Waals surface area contributed by atoms with E-state index >= 15 is 0 Å². The Hall–Kier alpha value is -3.26. The summed E-state index contributed by atoms with van der Waals surface area (Å²) in [5, 5.41) is 17.7. The van der Waals surface area contributed by atoms with Crippen molar-refractivity contribution in [2.45, 2.75) is 6.61 Å². The third-order valence-corrected chi connectivity index (χ3v) is 3.13. The SMILES string of the molecule is COc1cc(C=CC(=O)O)ccc1OCc1ccccc1C#N. The first-order valence-corrected chi connectivity index (χ1v) is 6.84. The molecular formula is C18H15NO4. The van der Waals surface area contributed by atoms with Crippen LogP contribution in [0.2, 0.25) is 0 Å². The topological polar surface area (TPSA) is 79.6 Å². The molecule has 2 aromatic carbocycles. The van der Waals surface area contributed by atoms with E-state index in [1.165, 1.54) is 13.2 Å². The molecule has 5 nitrogen and oxygen atoms in total. The minimum atomic E-state index is -1.02. The van der Waals surface area contributed by atoms with Crippen molar-refractivity contribution in [2.24, 2.45) is 0 Å². The molecule has 0 fully saturated rings. The molecule has 0 heterocycles. The Labute approximate surface area is 134 Å². The predicted octanol–water partition coefficient (Wildman–Crippen LogP) is 3.24. The Morgan fingerprint density at radius 3 is 2.74 bits per heavy atom. The van der Waals surface area contributed by atoms with Gasteiger partial charge >= 0.3 is 5.97 Å². The maximum absolute atomic E-state index is 10.5. The van der Waals surface area contributed by atoms with Crippen molar-refractivity contribution in [2.75, 3.05) is 7.11 Å². The average molecular weight is 309 g/mol. The number of hydrogen-bond donors (Lipinski definition) is 1. The number of nitriles is 1. The normalized spacial score (nSPS) is 10.3. The smallest absolute Gasteiger partial charge is 0.328 e. The zero-order valence-electron chi connectivity index (χ0n) is 12.5. The summed E-state index contributed by atoms with van der Waals surface area (Å²) >= 11 is 0. The van der Waals surface area contributed by atoms with E-state index in [9.17, 15) is 4.79 Å². The summed E-state index contributed by atoms with van der Waals surface area (Å²) in [6, 6.07) is 14.4. The van der Waals surface area contributed by atoms with Gasteiger partial charge in [0, 0.05) is 11.6 Å². The van der Waals surface area contributed by atoms with Crippen LogP contribution >= 0.6 is 0 Å². The summed E-state index contributed by atoms with van der Waals surface area (Å²) in [4.78, 5) is 10.5. The molecule has 5 heteroatoms. The molecule has 0 amide bonds. The molecule has 0 radical (unpaired) electrons. The van der Waals surface area contributed by atoms with Crippen LogP contribution in [0.3, 0.4) is 0 Å². The maximum Gasteiger partial charge on any atom is 0.328 e. The lowest BCUT2D eigenvalue weighted by Gasteiger charge is -2.12. The van der Waals surface area contributed by atoms with E-state index in [2.05, 4.69) is 6.07 Å². The number of rotatable bonds is 6. The highest BCUT2D eigenvalue weighted by atomic mass is 16.5. The summed E-state index contributed by atoms with van der Waals surface area (Å²) in [5.74, 6) is -0.00269. The highest BCUT2D eigenvalue weighted by Crippen LogP contribution is 2.29. The van der Waals surface area contributed by atoms with E-state index in [0.717, 1.165) is 11.6 Å². The second-order valence-electron chi connectivity index (χ2n) is 4.64. The van der Waals surface area contributed by atoms with Crippen molar-refractivity contribution in [1.29, 1.82) is 5.26 Å². The third kappa shape index (κ3) is 4.35. The Balaban J connectivity index is 2.17. The van der Waals surface area contributed by atoms with Crippen LogP contribution in [0, 0.1) is 11.3 Å². The molecule has 0 bridgehead atoms. The van der Waals surface area contributed by atoms with E-state index in [1.807, 2.05) is 12.1 Å². The fourth-order valence-electron chi connectivity index (χ4n) is 1.99. The van der Waals surface area contributed by atoms with Gasteiger partial charge in [0.1, 0.15) is 6.61 Å². The number of carboxylic acid groups (broad SMARTS) is 1. The lowest BCUT2D eigenvalue weighted by molar-refractivity contribution is -0.131. The van der Waals surface area contributed by atoms with Crippen LogP contribution in [0.5, 0.6) is 11.5 Å². The number of aliphatic carboxylic acids is 1. The van der Waals surface area contributed by atoms with Gasteiger partial charge in [-0.05, 0) is 29.8 Å². The highest BCUT2D eigenvalue weighted by Gasteiger charge is 2.07. The van der Waals surface area contributed by atoms with Gasteiger partial charge in [0.05, 0.1) is 18.7 Å². The first-order chi connectivity index (χ1) is 11.1. The van der Waals surface area contributed by atoms with Gasteiger partial charge < -0.3 is 14.6 Å². The third-order valence-electron chi connectivity index (χ3n) is 3.13. The standard InChI is InChI=1S/C18H15NO4/c1-22-17-10-13(7-9-18(20)21)6-8-16(17)23-12-15-5-3-2-4-14(15)11-19/h2-10H,12H2,1H3,(H,20,21). The number of nitrogens with zero attached hydrogens (tertiary/aromatic N) is 1. The maximum atomic E-state index is 10.5. The Morgan fingerprint density at radius 1 is 1.26 bits per heavy atom. The molecule has 1 N–H and O–H groups in total. The summed E-state index contributed by atoms with van der Waals surface area (Å²) in [6.07, 6.45) is 2.53. The van der Waals surface area contributed by atoms with Gasteiger partial charge in [0.25, 0.3) is 0 Å². The quantitative estimate of drug-likeness (QED) is 0.829. The summed E-state index contributed by atoms with van der Waals surface area (Å²) in [5.41, 5.74) is 2.04. The molecule has 0 aliphatic heterocycles. The van der Waals surface area contributed by atoms with Crippen LogP contribution in [-0.4, -0.2) is 18.2 Å². The minimum absolute atomic E-state index is 0.240. The van der Waals surface area contributed by atoms with Gasteiger partial charge in [-0.1, -0.05) is 24.3 Å². The van der Waals surface area contributed by atoms with Crippen LogP contribution in [0.4, 0.5) is 0 Å². The second-order valence-corrected chi connectivity index (χ2v) is 4.64. The van der Waals surface area contributed by atoms with Crippen LogP contribution in [0.25, 0.3) is 6.08 Å². The molecule has 0 unspecified atom stereocenters. The van der Waals surface area contributed by atoms with Crippen molar-refractivity contribution < 1.29 is 19.4 Å². The number of methoxy groups -OCH3 is 1. The summed E-state index contributed by atoms with van der Waals surface area (Å²) in [6.45, 7) is 0.240. The minimum Gasteiger partial charge on any atom is -0.493 e. The fourth-order valence-corrected chi connectivity index (χ4v) is 1.99. The zero-order valence-corrected chi connectivity index (χ0v) is 12.5. The zero-order chi connectivity index (χ0) is 16.7. The molecular weight excluding hydrogens is 294 g/mol. The van der Waals surface area contributed by atoms with Gasteiger partial charge in [-0.3, -0.25) is 0 Å². The largest absolute Gasteiger partial charge is 0.493 e. The van der Waals surface area contributed by atoms with Gasteiger partial charge in [-0.25, -0.2) is 4.79 Å². The molecule has 116 valence electrons. The molecule has 0 saturated carbocycles. The molecule has 0 atom stereocenters. The molecule has 2 rings (SSSR count). The number of carbonyl (C=O) groups is 1. The van der Waals surface area contributed by atoms with E-state index in [4.69, 9.17) is 19.8 Å². The van der Waals surface area contributed by atoms with Crippen LogP contribution in [0.15, 0.2) is 48.5 Å². The molecule has 0 spiro atoms. The molecule has 2 aromatic rings. The lowest BCUT2D eigenvalue weighted by atomic mass is 10.1. The first-order valence-electron chi connectivity index (χ1n) is 6.84. The van der Waals surface area contributed by atoms with Gasteiger partial charge in [-0.15, -0.1) is 0 Å². The molecule has 0 saturated heterocycles. The second kappa shape index (κ2) is 7.66. The molecule has 0 aliphatic carbocycles. The van der Waals surface area contributed by atoms with E-state index < -0.39 is 5.97 Å². The van der Waals surface area contributed by atoms with Crippen LogP contribution in [0.1, 0.15) is 16.7 Å². The Bertz CT molecular complexity index is 775. The van der Waals surface area contributed by atoms with Crippen molar-refractivity contribution in [1.82, 2.24) is 0 Å². The van der Waals surface area contributed by atoms with Gasteiger partial charge in [0.15, 0.2) is 11.5 Å². The van der Waals surface area contributed by atoms with Gasteiger partial charge in [-0.2, -0.15) is 5.26 Å². The highest BCUT2D eigenvalue weighted by molar-refractivity contribution is 5.85. The van der Waals surface area contributed by atoms with Crippen molar-refractivity contribution in [3.05, 3.63) is 65.2 Å². The fraction of sp³-hybridized carbons (Fsp3) is 0.111. The average Bonchev–Trinajstić information content (AvgIpc) is 2.58. The number of benzene rings is 2. The number of hydrogen-bond acceptors (Lipinski definition) is 4. The van der Waals surface area contributed by atoms with E-state index in [-0.39, 0.29) is 6.61 Å². The molecule has 0 aliphatic rings. The van der Waals surface area contributed by atoms with Crippen LogP contribution < -0.4 is 9.47 Å². The van der Waals surface area contributed by atoms with Crippen LogP contribution in [-0.2, 0) is 11.4 Å². The summed E-state index contributed by atoms with van der Waals surface area (Å²) in [7, 11) is 1.51. The van der Waals surface area contributed by atoms with E-state index in [1.54, 1.807) is 30.3 Å². The van der Waals surface area contributed by atoms with Crippen molar-refractivity contribution in [3.8, 4) is 17.6 Å². The van der Waals surface area contributed by atoms with Crippen molar-refractivity contribution >= 4 is 12.0 Å². The lowest BCUT2D eigenvalue weighted by Crippen LogP contribution is -2.00. The number of ether oxygens (including phenoxy) is 2. The van der Waals surface area contributed by atoms with Crippen molar-refractivity contribution in [3.63, 3.8) is 0 Å². The van der Waals surface area contributed by atoms with E-state index in [0.29, 0.717) is 22.6 Å². The predicted molar refractivity (Wildman–Crippen MR) is 85.2 cm³/mol. The monoisotopic (exact) mass is 309 g/mol. The summed E-state index contributed by atoms with van der Waals surface area (Å²) < 4.78 is 11.0. The molecule has 0 aromatic heterocycles. The molecule has 23 heavy (non-hydrogen) atoms. The van der Waals surface area contributed by atoms with Gasteiger partial charge in [0.2, 0.25) is 0 Å². The number of carboxylic acids is 1.